The molecule has 0 aliphatic carbocycles. The second-order valence-electron chi connectivity index (χ2n) is 10.6. The third-order valence-electron chi connectivity index (χ3n) is 5.75. The van der Waals surface area contributed by atoms with Gasteiger partial charge in [0.1, 0.15) is 22.9 Å². The van der Waals surface area contributed by atoms with Crippen molar-refractivity contribution in [3.63, 3.8) is 0 Å². The minimum atomic E-state index is -0.598. The number of amides is 4. The van der Waals surface area contributed by atoms with E-state index in [9.17, 15) is 18.8 Å². The second kappa shape index (κ2) is 13.5. The third kappa shape index (κ3) is 9.32. The predicted octanol–water partition coefficient (Wildman–Crippen LogP) is 6.22. The van der Waals surface area contributed by atoms with Crippen molar-refractivity contribution in [1.29, 1.82) is 0 Å². The van der Waals surface area contributed by atoms with Crippen LogP contribution in [0, 0.1) is 12.7 Å². The number of hydrogen-bond acceptors (Lipinski definition) is 6. The molecule has 4 amide bonds. The summed E-state index contributed by atoms with van der Waals surface area (Å²) >= 11 is 0. The summed E-state index contributed by atoms with van der Waals surface area (Å²) in [4.78, 5) is 43.9. The van der Waals surface area contributed by atoms with E-state index in [1.165, 1.54) is 6.07 Å². The molecule has 5 N–H and O–H groups in total. The number of anilines is 2. The SMILES string of the molecule is Cc1ccc(F)c(NC(=O)Nc2ccc(Oc3ccnc(-c4cc(C(=O)NCCNC(=O)OC(C)(C)C)c[nH]4)c3)cc2)c1. The molecule has 2 aromatic heterocycles. The molecule has 0 aliphatic heterocycles. The number of nitrogens with one attached hydrogen (secondary N) is 5. The number of aryl methyl sites for hydroxylation is 1. The second-order valence-corrected chi connectivity index (χ2v) is 10.6. The topological polar surface area (TPSA) is 146 Å². The van der Waals surface area contributed by atoms with Crippen LogP contribution in [0.15, 0.2) is 73.1 Å². The van der Waals surface area contributed by atoms with E-state index < -0.39 is 23.5 Å². The lowest BCUT2D eigenvalue weighted by molar-refractivity contribution is 0.0526. The van der Waals surface area contributed by atoms with Gasteiger partial charge in [0, 0.05) is 37.2 Å². The Morgan fingerprint density at radius 2 is 1.65 bits per heavy atom. The number of aromatic nitrogens is 2. The molecule has 224 valence electrons. The van der Waals surface area contributed by atoms with Crippen molar-refractivity contribution in [2.45, 2.75) is 33.3 Å². The number of nitrogens with zero attached hydrogens (tertiary/aromatic N) is 1. The van der Waals surface area contributed by atoms with Crippen molar-refractivity contribution in [2.24, 2.45) is 0 Å². The largest absolute Gasteiger partial charge is 0.457 e. The van der Waals surface area contributed by atoms with Gasteiger partial charge >= 0.3 is 12.1 Å². The van der Waals surface area contributed by atoms with Crippen LogP contribution in [0.2, 0.25) is 0 Å². The van der Waals surface area contributed by atoms with Crippen LogP contribution in [-0.4, -0.2) is 46.7 Å². The van der Waals surface area contributed by atoms with E-state index in [2.05, 4.69) is 31.2 Å². The number of hydrogen-bond donors (Lipinski definition) is 5. The first-order valence-corrected chi connectivity index (χ1v) is 13.5. The van der Waals surface area contributed by atoms with Gasteiger partial charge in [-0.15, -0.1) is 0 Å². The van der Waals surface area contributed by atoms with Crippen LogP contribution in [0.5, 0.6) is 11.5 Å². The summed E-state index contributed by atoms with van der Waals surface area (Å²) in [6.07, 6.45) is 2.60. The highest BCUT2D eigenvalue weighted by molar-refractivity contribution is 6.00. The van der Waals surface area contributed by atoms with E-state index in [1.807, 2.05) is 0 Å². The fourth-order valence-electron chi connectivity index (χ4n) is 3.81. The standard InChI is InChI=1S/C31H33FN6O5/c1-19-5-10-24(32)25(15-19)38-29(40)37-21-6-8-22(9-7-21)42-23-11-12-33-27(17-23)26-16-20(18-36-26)28(39)34-13-14-35-30(41)43-31(2,3)4/h5-12,15-18,36H,13-14H2,1-4H3,(H,34,39)(H,35,41)(H2,37,38,40). The number of ether oxygens (including phenoxy) is 2. The summed E-state index contributed by atoms with van der Waals surface area (Å²) in [6.45, 7) is 7.56. The summed E-state index contributed by atoms with van der Waals surface area (Å²) in [7, 11) is 0. The third-order valence-corrected chi connectivity index (χ3v) is 5.75. The fourth-order valence-corrected chi connectivity index (χ4v) is 3.81. The molecule has 43 heavy (non-hydrogen) atoms. The average Bonchev–Trinajstić information content (AvgIpc) is 3.44. The smallest absolute Gasteiger partial charge is 0.407 e. The zero-order valence-electron chi connectivity index (χ0n) is 24.2. The lowest BCUT2D eigenvalue weighted by atomic mass is 10.2. The number of pyridine rings is 1. The number of alkyl carbamates (subject to hydrolysis) is 1. The van der Waals surface area contributed by atoms with Crippen LogP contribution in [0.4, 0.5) is 25.4 Å². The molecule has 4 aromatic rings. The zero-order chi connectivity index (χ0) is 31.0. The Bertz CT molecular complexity index is 1600. The average molecular weight is 589 g/mol. The maximum absolute atomic E-state index is 13.9. The summed E-state index contributed by atoms with van der Waals surface area (Å²) < 4.78 is 25.0. The zero-order valence-corrected chi connectivity index (χ0v) is 24.2. The number of halogens is 1. The van der Waals surface area contributed by atoms with Gasteiger partial charge in [-0.2, -0.15) is 0 Å². The quantitative estimate of drug-likeness (QED) is 0.147. The van der Waals surface area contributed by atoms with E-state index in [4.69, 9.17) is 9.47 Å². The predicted molar refractivity (Wildman–Crippen MR) is 161 cm³/mol. The van der Waals surface area contributed by atoms with Gasteiger partial charge in [-0.1, -0.05) is 6.07 Å². The van der Waals surface area contributed by atoms with Crippen LogP contribution >= 0.6 is 0 Å². The van der Waals surface area contributed by atoms with Gasteiger partial charge in [-0.05, 0) is 81.8 Å². The first kappa shape index (κ1) is 30.6. The number of urea groups is 1. The lowest BCUT2D eigenvalue weighted by Crippen LogP contribution is -2.37. The first-order chi connectivity index (χ1) is 20.4. The van der Waals surface area contributed by atoms with E-state index in [0.717, 1.165) is 5.56 Å². The van der Waals surface area contributed by atoms with Gasteiger partial charge in [0.2, 0.25) is 0 Å². The van der Waals surface area contributed by atoms with Crippen molar-refractivity contribution in [1.82, 2.24) is 20.6 Å². The van der Waals surface area contributed by atoms with E-state index in [0.29, 0.717) is 34.1 Å². The number of carbonyl (C=O) groups is 3. The van der Waals surface area contributed by atoms with Crippen LogP contribution in [0.3, 0.4) is 0 Å². The van der Waals surface area contributed by atoms with Crippen LogP contribution in [0.1, 0.15) is 36.7 Å². The molecule has 4 rings (SSSR count). The molecule has 0 aliphatic rings. The first-order valence-electron chi connectivity index (χ1n) is 13.5. The van der Waals surface area contributed by atoms with Gasteiger partial charge < -0.3 is 35.7 Å². The lowest BCUT2D eigenvalue weighted by Gasteiger charge is -2.19. The molecule has 2 aromatic carbocycles. The van der Waals surface area contributed by atoms with E-state index >= 15 is 0 Å². The van der Waals surface area contributed by atoms with Gasteiger partial charge in [-0.3, -0.25) is 9.78 Å². The molecular formula is C31H33FN6O5. The van der Waals surface area contributed by atoms with Crippen LogP contribution in [-0.2, 0) is 4.74 Å². The monoisotopic (exact) mass is 588 g/mol. The molecule has 0 fully saturated rings. The Hall–Kier alpha value is -5.39. The van der Waals surface area contributed by atoms with Gasteiger partial charge in [-0.25, -0.2) is 14.0 Å². The highest BCUT2D eigenvalue weighted by atomic mass is 19.1. The highest BCUT2D eigenvalue weighted by Gasteiger charge is 2.16. The summed E-state index contributed by atoms with van der Waals surface area (Å²) in [5.74, 6) is 0.184. The van der Waals surface area contributed by atoms with Crippen LogP contribution in [0.25, 0.3) is 11.4 Å². The Morgan fingerprint density at radius 1 is 0.907 bits per heavy atom. The highest BCUT2D eigenvalue weighted by Crippen LogP contribution is 2.27. The summed E-state index contributed by atoms with van der Waals surface area (Å²) in [5.41, 5.74) is 2.37. The summed E-state index contributed by atoms with van der Waals surface area (Å²) in [5, 5.41) is 10.5. The Kier molecular flexibility index (Phi) is 9.61. The molecule has 0 spiro atoms. The molecule has 0 bridgehead atoms. The van der Waals surface area contributed by atoms with E-state index in [1.54, 1.807) is 94.7 Å². The molecular weight excluding hydrogens is 555 g/mol. The number of rotatable bonds is 9. The van der Waals surface area contributed by atoms with Crippen molar-refractivity contribution in [3.05, 3.63) is 90.0 Å². The summed E-state index contributed by atoms with van der Waals surface area (Å²) in [6, 6.07) is 15.6. The van der Waals surface area contributed by atoms with E-state index in [-0.39, 0.29) is 24.7 Å². The molecule has 12 heteroatoms. The Morgan fingerprint density at radius 3 is 2.40 bits per heavy atom. The fraction of sp³-hybridized carbons (Fsp3) is 0.226. The number of benzene rings is 2. The van der Waals surface area contributed by atoms with Gasteiger partial charge in [0.15, 0.2) is 0 Å². The van der Waals surface area contributed by atoms with Gasteiger partial charge in [0.05, 0.1) is 22.6 Å². The van der Waals surface area contributed by atoms with Crippen molar-refractivity contribution >= 4 is 29.4 Å². The molecule has 0 radical (unpaired) electrons. The Balaban J connectivity index is 1.28. The van der Waals surface area contributed by atoms with Crippen molar-refractivity contribution < 1.29 is 28.2 Å². The molecule has 11 nitrogen and oxygen atoms in total. The number of H-pyrrole nitrogens is 1. The minimum Gasteiger partial charge on any atom is -0.457 e. The molecule has 0 saturated heterocycles. The van der Waals surface area contributed by atoms with Crippen molar-refractivity contribution in [3.8, 4) is 22.9 Å². The Labute approximate surface area is 248 Å². The number of aromatic amines is 1. The molecule has 0 unspecified atom stereocenters. The minimum absolute atomic E-state index is 0.0911. The number of carbonyl (C=O) groups excluding carboxylic acids is 3. The maximum atomic E-state index is 13.9. The van der Waals surface area contributed by atoms with Gasteiger partial charge in [0.25, 0.3) is 5.91 Å². The molecule has 0 saturated carbocycles. The van der Waals surface area contributed by atoms with Crippen molar-refractivity contribution in [2.75, 3.05) is 23.7 Å². The van der Waals surface area contributed by atoms with Crippen LogP contribution < -0.4 is 26.0 Å². The maximum Gasteiger partial charge on any atom is 0.407 e. The molecule has 0 atom stereocenters. The normalized spacial score (nSPS) is 10.9. The molecule has 2 heterocycles.